The number of fused-ring (bicyclic) bond motifs is 2. The summed E-state index contributed by atoms with van der Waals surface area (Å²) in [6.07, 6.45) is -3.52. The summed E-state index contributed by atoms with van der Waals surface area (Å²) in [5, 5.41) is 5.25. The third-order valence-corrected chi connectivity index (χ3v) is 7.31. The Bertz CT molecular complexity index is 1120. The van der Waals surface area contributed by atoms with Crippen LogP contribution in [-0.4, -0.2) is 34.8 Å². The maximum Gasteiger partial charge on any atom is 0.433 e. The molecule has 0 aliphatic carbocycles. The van der Waals surface area contributed by atoms with Crippen molar-refractivity contribution in [2.24, 2.45) is 0 Å². The normalized spacial score (nSPS) is 14.1. The van der Waals surface area contributed by atoms with Crippen molar-refractivity contribution in [3.05, 3.63) is 50.2 Å². The summed E-state index contributed by atoms with van der Waals surface area (Å²) in [5.41, 5.74) is 0.778. The van der Waals surface area contributed by atoms with Crippen LogP contribution in [-0.2, 0) is 23.9 Å². The van der Waals surface area contributed by atoms with E-state index >= 15 is 0 Å². The fraction of sp³-hybridized carbons (Fsp3) is 0.350. The van der Waals surface area contributed by atoms with Gasteiger partial charge < -0.3 is 10.2 Å². The fourth-order valence-corrected chi connectivity index (χ4v) is 5.44. The van der Waals surface area contributed by atoms with Crippen LogP contribution in [0.15, 0.2) is 23.6 Å². The van der Waals surface area contributed by atoms with E-state index < -0.39 is 17.8 Å². The zero-order valence-corrected chi connectivity index (χ0v) is 17.6. The summed E-state index contributed by atoms with van der Waals surface area (Å²) in [5.74, 6) is -0.438. The molecule has 2 amide bonds. The lowest BCUT2D eigenvalue weighted by Gasteiger charge is -2.27. The van der Waals surface area contributed by atoms with Gasteiger partial charge in [-0.15, -0.1) is 22.7 Å². The van der Waals surface area contributed by atoms with Crippen LogP contribution in [0.3, 0.4) is 0 Å². The first-order valence-corrected chi connectivity index (χ1v) is 11.0. The van der Waals surface area contributed by atoms with Crippen molar-refractivity contribution in [1.29, 1.82) is 0 Å². The largest absolute Gasteiger partial charge is 0.433 e. The summed E-state index contributed by atoms with van der Waals surface area (Å²) in [4.78, 5) is 32.2. The number of pyridine rings is 1. The van der Waals surface area contributed by atoms with E-state index in [-0.39, 0.29) is 23.7 Å². The van der Waals surface area contributed by atoms with Crippen LogP contribution in [0.25, 0.3) is 10.2 Å². The highest BCUT2D eigenvalue weighted by Crippen LogP contribution is 2.34. The first kappa shape index (κ1) is 20.8. The van der Waals surface area contributed by atoms with Crippen LogP contribution < -0.4 is 5.32 Å². The lowest BCUT2D eigenvalue weighted by atomic mass is 10.1. The Morgan fingerprint density at radius 2 is 2.07 bits per heavy atom. The van der Waals surface area contributed by atoms with Crippen molar-refractivity contribution in [3.8, 4) is 0 Å². The molecule has 1 aliphatic rings. The molecule has 0 fully saturated rings. The first-order valence-electron chi connectivity index (χ1n) is 9.32. The van der Waals surface area contributed by atoms with Crippen LogP contribution in [0, 0.1) is 6.92 Å². The van der Waals surface area contributed by atoms with Crippen molar-refractivity contribution in [2.45, 2.75) is 32.5 Å². The molecular formula is C20H18F3N3O2S2. The zero-order chi connectivity index (χ0) is 21.5. The molecule has 1 N–H and O–H groups in total. The highest BCUT2D eigenvalue weighted by Gasteiger charge is 2.33. The minimum atomic E-state index is -4.53. The Balaban J connectivity index is 1.38. The standard InChI is InChI=1S/C20H18F3N3O2S2/c1-11-13-2-3-15(20(21,22)23)25-19(13)30-17(11)18(28)24-7-4-16(27)26-8-5-14-12(10-26)6-9-29-14/h2-3,6,9H,4-5,7-8,10H2,1H3,(H,24,28). The average Bonchev–Trinajstić information content (AvgIpc) is 3.30. The minimum Gasteiger partial charge on any atom is -0.351 e. The van der Waals surface area contributed by atoms with Gasteiger partial charge in [0.1, 0.15) is 10.5 Å². The van der Waals surface area contributed by atoms with Crippen LogP contribution in [0.4, 0.5) is 13.2 Å². The molecule has 4 rings (SSSR count). The predicted octanol–water partition coefficient (Wildman–Crippen LogP) is 4.39. The molecule has 1 aliphatic heterocycles. The summed E-state index contributed by atoms with van der Waals surface area (Å²) in [6.45, 7) is 3.11. The van der Waals surface area contributed by atoms with Crippen LogP contribution in [0.2, 0.25) is 0 Å². The number of aromatic nitrogens is 1. The second kappa shape index (κ2) is 7.99. The molecule has 3 aromatic heterocycles. The molecule has 0 unspecified atom stereocenters. The third kappa shape index (κ3) is 4.06. The minimum absolute atomic E-state index is 0.0308. The summed E-state index contributed by atoms with van der Waals surface area (Å²) in [6, 6.07) is 4.29. The van der Waals surface area contributed by atoms with E-state index in [1.165, 1.54) is 16.5 Å². The third-order valence-electron chi connectivity index (χ3n) is 5.09. The van der Waals surface area contributed by atoms with E-state index in [4.69, 9.17) is 0 Å². The van der Waals surface area contributed by atoms with Gasteiger partial charge >= 0.3 is 6.18 Å². The molecule has 5 nitrogen and oxygen atoms in total. The number of hydrogen-bond acceptors (Lipinski definition) is 5. The number of amides is 2. The van der Waals surface area contributed by atoms with Crippen molar-refractivity contribution < 1.29 is 22.8 Å². The van der Waals surface area contributed by atoms with Gasteiger partial charge in [0.05, 0.1) is 4.88 Å². The number of thiophene rings is 2. The number of nitrogens with one attached hydrogen (secondary N) is 1. The zero-order valence-electron chi connectivity index (χ0n) is 16.0. The number of halogens is 3. The van der Waals surface area contributed by atoms with Gasteiger partial charge in [0, 0.05) is 36.3 Å². The number of hydrogen-bond donors (Lipinski definition) is 1. The maximum atomic E-state index is 12.9. The van der Waals surface area contributed by atoms with Gasteiger partial charge in [-0.2, -0.15) is 13.2 Å². The van der Waals surface area contributed by atoms with Crippen LogP contribution >= 0.6 is 22.7 Å². The highest BCUT2D eigenvalue weighted by molar-refractivity contribution is 7.20. The maximum absolute atomic E-state index is 12.9. The lowest BCUT2D eigenvalue weighted by molar-refractivity contribution is -0.141. The highest BCUT2D eigenvalue weighted by atomic mass is 32.1. The van der Waals surface area contributed by atoms with Crippen molar-refractivity contribution in [1.82, 2.24) is 15.2 Å². The van der Waals surface area contributed by atoms with Gasteiger partial charge in [0.15, 0.2) is 0 Å². The van der Waals surface area contributed by atoms with Crippen molar-refractivity contribution in [3.63, 3.8) is 0 Å². The van der Waals surface area contributed by atoms with Crippen molar-refractivity contribution in [2.75, 3.05) is 13.1 Å². The van der Waals surface area contributed by atoms with Gasteiger partial charge in [0.2, 0.25) is 5.91 Å². The molecule has 0 spiro atoms. The second-order valence-electron chi connectivity index (χ2n) is 7.04. The molecule has 0 atom stereocenters. The number of aryl methyl sites for hydroxylation is 1. The molecule has 0 bridgehead atoms. The fourth-order valence-electron chi connectivity index (χ4n) is 3.46. The summed E-state index contributed by atoms with van der Waals surface area (Å²) in [7, 11) is 0. The first-order chi connectivity index (χ1) is 14.2. The van der Waals surface area contributed by atoms with Crippen LogP contribution in [0.5, 0.6) is 0 Å². The topological polar surface area (TPSA) is 62.3 Å². The van der Waals surface area contributed by atoms with Gasteiger partial charge in [0.25, 0.3) is 5.91 Å². The number of carbonyl (C=O) groups is 2. The second-order valence-corrected chi connectivity index (χ2v) is 9.04. The van der Waals surface area contributed by atoms with Gasteiger partial charge in [-0.3, -0.25) is 9.59 Å². The Labute approximate surface area is 178 Å². The van der Waals surface area contributed by atoms with E-state index in [0.717, 1.165) is 23.8 Å². The lowest BCUT2D eigenvalue weighted by Crippen LogP contribution is -2.37. The quantitative estimate of drug-likeness (QED) is 0.637. The molecule has 0 aromatic carbocycles. The van der Waals surface area contributed by atoms with E-state index in [2.05, 4.69) is 10.3 Å². The van der Waals surface area contributed by atoms with Crippen LogP contribution in [0.1, 0.15) is 37.8 Å². The molecule has 0 radical (unpaired) electrons. The number of rotatable bonds is 4. The number of nitrogens with zero attached hydrogens (tertiary/aromatic N) is 2. The number of alkyl halides is 3. The van der Waals surface area contributed by atoms with Crippen molar-refractivity contribution >= 4 is 44.7 Å². The monoisotopic (exact) mass is 453 g/mol. The van der Waals surface area contributed by atoms with Gasteiger partial charge in [-0.25, -0.2) is 4.98 Å². The summed E-state index contributed by atoms with van der Waals surface area (Å²) >= 11 is 2.63. The Hall–Kier alpha value is -2.46. The average molecular weight is 454 g/mol. The molecule has 0 saturated heterocycles. The SMILES string of the molecule is Cc1c(C(=O)NCCC(=O)N2CCc3sccc3C2)sc2nc(C(F)(F)F)ccc12. The Kier molecular flexibility index (Phi) is 5.54. The Morgan fingerprint density at radius 1 is 1.27 bits per heavy atom. The smallest absolute Gasteiger partial charge is 0.351 e. The predicted molar refractivity (Wildman–Crippen MR) is 110 cm³/mol. The molecule has 158 valence electrons. The molecule has 3 aromatic rings. The molecular weight excluding hydrogens is 435 g/mol. The number of carbonyl (C=O) groups excluding carboxylic acids is 2. The molecule has 4 heterocycles. The van der Waals surface area contributed by atoms with Gasteiger partial charge in [-0.05, 0) is 48.1 Å². The van der Waals surface area contributed by atoms with E-state index in [9.17, 15) is 22.8 Å². The molecule has 30 heavy (non-hydrogen) atoms. The molecule has 10 heteroatoms. The van der Waals surface area contributed by atoms with E-state index in [0.29, 0.717) is 28.9 Å². The van der Waals surface area contributed by atoms with Gasteiger partial charge in [-0.1, -0.05) is 0 Å². The Morgan fingerprint density at radius 3 is 2.83 bits per heavy atom. The molecule has 0 saturated carbocycles. The van der Waals surface area contributed by atoms with E-state index in [1.54, 1.807) is 23.2 Å². The van der Waals surface area contributed by atoms with E-state index in [1.807, 2.05) is 11.4 Å². The summed E-state index contributed by atoms with van der Waals surface area (Å²) < 4.78 is 38.6.